The second kappa shape index (κ2) is 7.15. The first-order valence-electron chi connectivity index (χ1n) is 5.83. The zero-order valence-corrected chi connectivity index (χ0v) is 10.6. The van der Waals surface area contributed by atoms with E-state index < -0.39 is 5.97 Å². The highest BCUT2D eigenvalue weighted by Gasteiger charge is 2.09. The van der Waals surface area contributed by atoms with Gasteiger partial charge in [0.2, 0.25) is 11.8 Å². The smallest absolute Gasteiger partial charge is 0.307 e. The maximum atomic E-state index is 11.6. The summed E-state index contributed by atoms with van der Waals surface area (Å²) in [4.78, 5) is 33.0. The minimum atomic E-state index is -0.958. The molecule has 0 aliphatic heterocycles. The van der Waals surface area contributed by atoms with Crippen molar-refractivity contribution < 1.29 is 19.5 Å². The summed E-state index contributed by atoms with van der Waals surface area (Å²) in [6.45, 7) is 1.63. The molecule has 19 heavy (non-hydrogen) atoms. The third-order valence-corrected chi connectivity index (χ3v) is 2.36. The number of amides is 2. The summed E-state index contributed by atoms with van der Waals surface area (Å²) in [6, 6.07) is 6.73. The van der Waals surface area contributed by atoms with Crippen molar-refractivity contribution in [3.8, 4) is 0 Å². The van der Waals surface area contributed by atoms with Crippen LogP contribution in [-0.2, 0) is 20.8 Å². The van der Waals surface area contributed by atoms with Gasteiger partial charge in [-0.3, -0.25) is 14.4 Å². The minimum Gasteiger partial charge on any atom is -0.481 e. The van der Waals surface area contributed by atoms with Crippen molar-refractivity contribution in [3.63, 3.8) is 0 Å². The minimum absolute atomic E-state index is 0.140. The van der Waals surface area contributed by atoms with E-state index in [-0.39, 0.29) is 31.2 Å². The standard InChI is InChI=1S/C13H16N2O4/c1-9(16)14-7-6-12(17)15-11-5-3-2-4-10(11)8-13(18)19/h2-5H,6-8H2,1H3,(H,14,16)(H,15,17)(H,18,19). The number of anilines is 1. The Morgan fingerprint density at radius 3 is 2.53 bits per heavy atom. The molecule has 0 atom stereocenters. The molecule has 0 saturated heterocycles. The van der Waals surface area contributed by atoms with Gasteiger partial charge in [0.15, 0.2) is 0 Å². The van der Waals surface area contributed by atoms with Crippen molar-refractivity contribution in [2.45, 2.75) is 19.8 Å². The Balaban J connectivity index is 2.58. The number of carbonyl (C=O) groups is 3. The van der Waals surface area contributed by atoms with E-state index in [2.05, 4.69) is 10.6 Å². The summed E-state index contributed by atoms with van der Waals surface area (Å²) in [7, 11) is 0. The molecule has 6 nitrogen and oxygen atoms in total. The fourth-order valence-electron chi connectivity index (χ4n) is 1.52. The number of carboxylic acid groups (broad SMARTS) is 1. The van der Waals surface area contributed by atoms with Crippen LogP contribution in [0.3, 0.4) is 0 Å². The molecule has 6 heteroatoms. The summed E-state index contributed by atoms with van der Waals surface area (Å²) < 4.78 is 0. The Labute approximate surface area is 110 Å². The second-order valence-electron chi connectivity index (χ2n) is 4.01. The molecular formula is C13H16N2O4. The monoisotopic (exact) mass is 264 g/mol. The third-order valence-electron chi connectivity index (χ3n) is 2.36. The van der Waals surface area contributed by atoms with Crippen molar-refractivity contribution in [2.75, 3.05) is 11.9 Å². The molecule has 0 heterocycles. The van der Waals surface area contributed by atoms with Crippen molar-refractivity contribution in [1.29, 1.82) is 0 Å². The highest BCUT2D eigenvalue weighted by Crippen LogP contribution is 2.15. The van der Waals surface area contributed by atoms with Gasteiger partial charge >= 0.3 is 5.97 Å². The molecule has 0 spiro atoms. The molecule has 0 aliphatic rings. The van der Waals surface area contributed by atoms with Crippen LogP contribution in [0.25, 0.3) is 0 Å². The van der Waals surface area contributed by atoms with Crippen molar-refractivity contribution in [2.24, 2.45) is 0 Å². The van der Waals surface area contributed by atoms with Gasteiger partial charge in [-0.1, -0.05) is 18.2 Å². The zero-order valence-electron chi connectivity index (χ0n) is 10.6. The van der Waals surface area contributed by atoms with Gasteiger partial charge in [-0.15, -0.1) is 0 Å². The third kappa shape index (κ3) is 5.67. The normalized spacial score (nSPS) is 9.74. The predicted octanol–water partition coefficient (Wildman–Crippen LogP) is 0.778. The first kappa shape index (κ1) is 14.7. The molecule has 0 fully saturated rings. The second-order valence-corrected chi connectivity index (χ2v) is 4.01. The molecule has 0 aromatic heterocycles. The van der Waals surface area contributed by atoms with Crippen LogP contribution in [0, 0.1) is 0 Å². The van der Waals surface area contributed by atoms with Crippen LogP contribution in [-0.4, -0.2) is 29.4 Å². The van der Waals surface area contributed by atoms with E-state index in [0.29, 0.717) is 11.3 Å². The summed E-state index contributed by atoms with van der Waals surface area (Å²) >= 11 is 0. The molecule has 0 bridgehead atoms. The van der Waals surface area contributed by atoms with Crippen LogP contribution in [0.5, 0.6) is 0 Å². The fraction of sp³-hybridized carbons (Fsp3) is 0.308. The molecule has 1 aromatic carbocycles. The Bertz CT molecular complexity index is 485. The quantitative estimate of drug-likeness (QED) is 0.707. The molecule has 2 amide bonds. The van der Waals surface area contributed by atoms with Gasteiger partial charge in [-0.2, -0.15) is 0 Å². The van der Waals surface area contributed by atoms with Crippen LogP contribution >= 0.6 is 0 Å². The van der Waals surface area contributed by atoms with E-state index in [1.54, 1.807) is 24.3 Å². The average Bonchev–Trinajstić information content (AvgIpc) is 2.30. The Morgan fingerprint density at radius 1 is 1.21 bits per heavy atom. The maximum Gasteiger partial charge on any atom is 0.307 e. The molecule has 0 saturated carbocycles. The van der Waals surface area contributed by atoms with E-state index in [1.807, 2.05) is 0 Å². The number of nitrogens with one attached hydrogen (secondary N) is 2. The summed E-state index contributed by atoms with van der Waals surface area (Å²) in [5.41, 5.74) is 1.03. The van der Waals surface area contributed by atoms with E-state index in [9.17, 15) is 14.4 Å². The zero-order chi connectivity index (χ0) is 14.3. The Hall–Kier alpha value is -2.37. The summed E-state index contributed by atoms with van der Waals surface area (Å²) in [5.74, 6) is -1.43. The van der Waals surface area contributed by atoms with Crippen LogP contribution in [0.4, 0.5) is 5.69 Å². The molecule has 0 aliphatic carbocycles. The number of carbonyl (C=O) groups excluding carboxylic acids is 2. The highest BCUT2D eigenvalue weighted by atomic mass is 16.4. The summed E-state index contributed by atoms with van der Waals surface area (Å²) in [6.07, 6.45) is -0.0108. The first-order valence-corrected chi connectivity index (χ1v) is 5.83. The SMILES string of the molecule is CC(=O)NCCC(=O)Nc1ccccc1CC(=O)O. The van der Waals surface area contributed by atoms with Crippen LogP contribution in [0.15, 0.2) is 24.3 Å². The lowest BCUT2D eigenvalue weighted by Gasteiger charge is -2.09. The van der Waals surface area contributed by atoms with Crippen molar-refractivity contribution in [3.05, 3.63) is 29.8 Å². The van der Waals surface area contributed by atoms with Crippen LogP contribution in [0.2, 0.25) is 0 Å². The molecule has 0 radical (unpaired) electrons. The molecular weight excluding hydrogens is 248 g/mol. The lowest BCUT2D eigenvalue weighted by molar-refractivity contribution is -0.136. The van der Waals surface area contributed by atoms with E-state index in [1.165, 1.54) is 6.92 Å². The summed E-state index contributed by atoms with van der Waals surface area (Å²) in [5, 5.41) is 13.9. The topological polar surface area (TPSA) is 95.5 Å². The van der Waals surface area contributed by atoms with Crippen LogP contribution in [0.1, 0.15) is 18.9 Å². The van der Waals surface area contributed by atoms with Crippen molar-refractivity contribution in [1.82, 2.24) is 5.32 Å². The van der Waals surface area contributed by atoms with Gasteiger partial charge in [0.1, 0.15) is 0 Å². The van der Waals surface area contributed by atoms with E-state index >= 15 is 0 Å². The van der Waals surface area contributed by atoms with E-state index in [0.717, 1.165) is 0 Å². The molecule has 1 rings (SSSR count). The number of aliphatic carboxylic acids is 1. The first-order chi connectivity index (χ1) is 8.99. The maximum absolute atomic E-state index is 11.6. The molecule has 3 N–H and O–H groups in total. The number of hydrogen-bond acceptors (Lipinski definition) is 3. The average molecular weight is 264 g/mol. The lowest BCUT2D eigenvalue weighted by Crippen LogP contribution is -2.25. The fourth-order valence-corrected chi connectivity index (χ4v) is 1.52. The number of rotatable bonds is 6. The molecule has 102 valence electrons. The van der Waals surface area contributed by atoms with Gasteiger partial charge in [0, 0.05) is 25.6 Å². The Kier molecular flexibility index (Phi) is 5.53. The number of carboxylic acids is 1. The van der Waals surface area contributed by atoms with Gasteiger partial charge in [0.25, 0.3) is 0 Å². The number of hydrogen-bond donors (Lipinski definition) is 3. The van der Waals surface area contributed by atoms with Crippen molar-refractivity contribution >= 4 is 23.5 Å². The number of para-hydroxylation sites is 1. The highest BCUT2D eigenvalue weighted by molar-refractivity contribution is 5.92. The lowest BCUT2D eigenvalue weighted by atomic mass is 10.1. The van der Waals surface area contributed by atoms with Crippen LogP contribution < -0.4 is 10.6 Å². The predicted molar refractivity (Wildman–Crippen MR) is 69.7 cm³/mol. The van der Waals surface area contributed by atoms with E-state index in [4.69, 9.17) is 5.11 Å². The molecule has 1 aromatic rings. The van der Waals surface area contributed by atoms with Gasteiger partial charge in [0.05, 0.1) is 6.42 Å². The van der Waals surface area contributed by atoms with Gasteiger partial charge in [-0.05, 0) is 11.6 Å². The largest absolute Gasteiger partial charge is 0.481 e. The van der Waals surface area contributed by atoms with Gasteiger partial charge < -0.3 is 15.7 Å². The Morgan fingerprint density at radius 2 is 1.89 bits per heavy atom. The number of benzene rings is 1. The van der Waals surface area contributed by atoms with Gasteiger partial charge in [-0.25, -0.2) is 0 Å². The molecule has 0 unspecified atom stereocenters.